The zero-order chi connectivity index (χ0) is 20.1. The van der Waals surface area contributed by atoms with Gasteiger partial charge in [-0.25, -0.2) is 4.39 Å². The molecule has 0 unspecified atom stereocenters. The van der Waals surface area contributed by atoms with Crippen molar-refractivity contribution in [3.63, 3.8) is 0 Å². The maximum atomic E-state index is 13.0. The molecule has 3 rings (SSSR count). The molecule has 1 heterocycles. The van der Waals surface area contributed by atoms with Gasteiger partial charge in [-0.3, -0.25) is 9.59 Å². The number of carbonyl (C=O) groups excluding carboxylic acids is 2. The molecule has 0 atom stereocenters. The first-order valence-electron chi connectivity index (χ1n) is 8.30. The number of nitrogens with one attached hydrogen (secondary N) is 1. The average Bonchev–Trinajstić information content (AvgIpc) is 2.99. The number of hydrogen-bond donors (Lipinski definition) is 1. The standard InChI is InChI=1S/C20H17FN2O4S/c1-12(24)22-20-23-19(25)18(28-20)10-14-5-8-16(17(9-14)26-2)27-11-13-3-6-15(21)7-4-13/h3-10H,11H2,1-2H3,(H,22,23,24,25)/b18-10-. The maximum Gasteiger partial charge on any atom is 0.286 e. The summed E-state index contributed by atoms with van der Waals surface area (Å²) in [6, 6.07) is 11.3. The Bertz CT molecular complexity index is 971. The number of halogens is 1. The van der Waals surface area contributed by atoms with Gasteiger partial charge in [-0.15, -0.1) is 0 Å². The summed E-state index contributed by atoms with van der Waals surface area (Å²) in [5.41, 5.74) is 1.55. The summed E-state index contributed by atoms with van der Waals surface area (Å²) in [5.74, 6) is 0.0159. The predicted octanol–water partition coefficient (Wildman–Crippen LogP) is 3.52. The zero-order valence-corrected chi connectivity index (χ0v) is 16.0. The number of nitrogens with zero attached hydrogens (tertiary/aromatic N) is 1. The predicted molar refractivity (Wildman–Crippen MR) is 106 cm³/mol. The second kappa shape index (κ2) is 8.71. The van der Waals surface area contributed by atoms with Gasteiger partial charge in [-0.05, 0) is 53.2 Å². The molecule has 2 aromatic carbocycles. The van der Waals surface area contributed by atoms with Crippen molar-refractivity contribution in [2.75, 3.05) is 7.11 Å². The number of aliphatic imine (C=N–C) groups is 1. The highest BCUT2D eigenvalue weighted by molar-refractivity contribution is 8.18. The summed E-state index contributed by atoms with van der Waals surface area (Å²) in [6.45, 7) is 1.62. The topological polar surface area (TPSA) is 77.0 Å². The Morgan fingerprint density at radius 2 is 1.96 bits per heavy atom. The van der Waals surface area contributed by atoms with E-state index in [0.717, 1.165) is 22.9 Å². The number of hydrogen-bond acceptors (Lipinski definition) is 5. The summed E-state index contributed by atoms with van der Waals surface area (Å²) in [4.78, 5) is 27.2. The molecule has 0 fully saturated rings. The smallest absolute Gasteiger partial charge is 0.286 e. The first-order valence-corrected chi connectivity index (χ1v) is 9.11. The molecule has 144 valence electrons. The van der Waals surface area contributed by atoms with Crippen molar-refractivity contribution in [3.05, 3.63) is 64.3 Å². The molecule has 0 aliphatic carbocycles. The van der Waals surface area contributed by atoms with Crippen LogP contribution in [-0.4, -0.2) is 24.1 Å². The molecule has 1 N–H and O–H groups in total. The van der Waals surface area contributed by atoms with Crippen molar-refractivity contribution >= 4 is 34.8 Å². The SMILES string of the molecule is COc1cc(/C=C2\SC(NC(C)=O)=NC2=O)ccc1OCc1ccc(F)cc1. The number of methoxy groups -OCH3 is 1. The van der Waals surface area contributed by atoms with Gasteiger partial charge in [-0.1, -0.05) is 18.2 Å². The van der Waals surface area contributed by atoms with E-state index < -0.39 is 5.91 Å². The van der Waals surface area contributed by atoms with Gasteiger partial charge in [0.1, 0.15) is 12.4 Å². The van der Waals surface area contributed by atoms with Crippen LogP contribution in [0, 0.1) is 5.82 Å². The van der Waals surface area contributed by atoms with E-state index in [1.165, 1.54) is 26.2 Å². The van der Waals surface area contributed by atoms with E-state index in [1.54, 1.807) is 36.4 Å². The minimum atomic E-state index is -0.413. The van der Waals surface area contributed by atoms with Crippen molar-refractivity contribution in [2.45, 2.75) is 13.5 Å². The quantitative estimate of drug-likeness (QED) is 0.777. The number of amidine groups is 1. The van der Waals surface area contributed by atoms with Crippen molar-refractivity contribution in [3.8, 4) is 11.5 Å². The minimum absolute atomic E-state index is 0.259. The Morgan fingerprint density at radius 1 is 1.21 bits per heavy atom. The molecule has 2 aromatic rings. The number of thioether (sulfide) groups is 1. The van der Waals surface area contributed by atoms with E-state index in [-0.39, 0.29) is 23.5 Å². The van der Waals surface area contributed by atoms with Gasteiger partial charge >= 0.3 is 0 Å². The van der Waals surface area contributed by atoms with Crippen LogP contribution in [0.4, 0.5) is 4.39 Å². The number of carbonyl (C=O) groups is 2. The van der Waals surface area contributed by atoms with Crippen LogP contribution in [0.3, 0.4) is 0 Å². The van der Waals surface area contributed by atoms with Gasteiger partial charge in [-0.2, -0.15) is 4.99 Å². The highest BCUT2D eigenvalue weighted by atomic mass is 32.2. The summed E-state index contributed by atoms with van der Waals surface area (Å²) in [6.07, 6.45) is 1.66. The van der Waals surface area contributed by atoms with Crippen LogP contribution >= 0.6 is 11.8 Å². The zero-order valence-electron chi connectivity index (χ0n) is 15.2. The Labute approximate surface area is 165 Å². The normalized spacial score (nSPS) is 14.8. The molecule has 0 saturated carbocycles. The first-order chi connectivity index (χ1) is 13.4. The largest absolute Gasteiger partial charge is 0.493 e. The molecular weight excluding hydrogens is 383 g/mol. The Morgan fingerprint density at radius 3 is 2.64 bits per heavy atom. The number of amides is 2. The van der Waals surface area contributed by atoms with Crippen molar-refractivity contribution in [1.82, 2.24) is 5.32 Å². The number of rotatable bonds is 5. The van der Waals surface area contributed by atoms with E-state index in [1.807, 2.05) is 0 Å². The van der Waals surface area contributed by atoms with E-state index >= 15 is 0 Å². The summed E-state index contributed by atoms with van der Waals surface area (Å²) < 4.78 is 24.1. The Kier molecular flexibility index (Phi) is 6.10. The lowest BCUT2D eigenvalue weighted by molar-refractivity contribution is -0.117. The molecule has 0 bridgehead atoms. The maximum absolute atomic E-state index is 13.0. The van der Waals surface area contributed by atoms with Gasteiger partial charge in [0, 0.05) is 6.92 Å². The van der Waals surface area contributed by atoms with E-state index in [4.69, 9.17) is 9.47 Å². The highest BCUT2D eigenvalue weighted by Gasteiger charge is 2.22. The van der Waals surface area contributed by atoms with Crippen LogP contribution in [0.5, 0.6) is 11.5 Å². The van der Waals surface area contributed by atoms with Crippen molar-refractivity contribution < 1.29 is 23.5 Å². The molecule has 1 aliphatic rings. The first kappa shape index (κ1) is 19.6. The molecule has 0 aromatic heterocycles. The third kappa shape index (κ3) is 4.98. The Hall–Kier alpha value is -3.13. The molecule has 8 heteroatoms. The number of ether oxygens (including phenoxy) is 2. The molecule has 0 radical (unpaired) electrons. The molecule has 28 heavy (non-hydrogen) atoms. The molecule has 0 saturated heterocycles. The van der Waals surface area contributed by atoms with Crippen LogP contribution in [0.15, 0.2) is 52.4 Å². The van der Waals surface area contributed by atoms with Crippen LogP contribution in [-0.2, 0) is 16.2 Å². The van der Waals surface area contributed by atoms with Crippen LogP contribution in [0.1, 0.15) is 18.1 Å². The minimum Gasteiger partial charge on any atom is -0.493 e. The van der Waals surface area contributed by atoms with Gasteiger partial charge in [0.25, 0.3) is 5.91 Å². The van der Waals surface area contributed by atoms with E-state index in [2.05, 4.69) is 10.3 Å². The second-order valence-electron chi connectivity index (χ2n) is 5.84. The van der Waals surface area contributed by atoms with Crippen LogP contribution in [0.2, 0.25) is 0 Å². The van der Waals surface area contributed by atoms with E-state index in [0.29, 0.717) is 16.4 Å². The van der Waals surface area contributed by atoms with Gasteiger partial charge in [0.2, 0.25) is 5.91 Å². The number of benzene rings is 2. The average molecular weight is 400 g/mol. The fraction of sp³-hybridized carbons (Fsp3) is 0.150. The van der Waals surface area contributed by atoms with Gasteiger partial charge in [0.15, 0.2) is 16.7 Å². The molecule has 2 amide bonds. The summed E-state index contributed by atoms with van der Waals surface area (Å²) in [5, 5.41) is 2.76. The van der Waals surface area contributed by atoms with Gasteiger partial charge < -0.3 is 14.8 Å². The van der Waals surface area contributed by atoms with Gasteiger partial charge in [0.05, 0.1) is 12.0 Å². The van der Waals surface area contributed by atoms with E-state index in [9.17, 15) is 14.0 Å². The molecule has 0 spiro atoms. The molecule has 6 nitrogen and oxygen atoms in total. The van der Waals surface area contributed by atoms with Crippen molar-refractivity contribution in [2.24, 2.45) is 4.99 Å². The highest BCUT2D eigenvalue weighted by Crippen LogP contribution is 2.32. The fourth-order valence-corrected chi connectivity index (χ4v) is 3.26. The van der Waals surface area contributed by atoms with Crippen molar-refractivity contribution in [1.29, 1.82) is 0 Å². The summed E-state index contributed by atoms with van der Waals surface area (Å²) >= 11 is 1.10. The van der Waals surface area contributed by atoms with Crippen LogP contribution < -0.4 is 14.8 Å². The lowest BCUT2D eigenvalue weighted by Gasteiger charge is -2.11. The third-order valence-corrected chi connectivity index (χ3v) is 4.60. The molecular formula is C20H17FN2O4S. The Balaban J connectivity index is 1.72. The lowest BCUT2D eigenvalue weighted by Crippen LogP contribution is -2.23. The fourth-order valence-electron chi connectivity index (χ4n) is 2.40. The third-order valence-electron chi connectivity index (χ3n) is 3.70. The molecule has 1 aliphatic heterocycles. The second-order valence-corrected chi connectivity index (χ2v) is 6.87. The van der Waals surface area contributed by atoms with Crippen LogP contribution in [0.25, 0.3) is 6.08 Å². The lowest BCUT2D eigenvalue weighted by atomic mass is 10.2. The summed E-state index contributed by atoms with van der Waals surface area (Å²) in [7, 11) is 1.52. The monoisotopic (exact) mass is 400 g/mol.